The third-order valence-corrected chi connectivity index (χ3v) is 7.26. The average Bonchev–Trinajstić information content (AvgIpc) is 3.20. The van der Waals surface area contributed by atoms with Gasteiger partial charge in [0.05, 0.1) is 6.61 Å². The molecule has 110 valence electrons. The minimum Gasteiger partial charge on any atom is -0.353 e. The van der Waals surface area contributed by atoms with Gasteiger partial charge >= 0.3 is 0 Å². The first-order valence-corrected chi connectivity index (χ1v) is 8.66. The minimum absolute atomic E-state index is 0.0988. The molecule has 0 aromatic heterocycles. The largest absolute Gasteiger partial charge is 0.353 e. The SMILES string of the molecule is CC1(COC2CCCO2)CC2CC1C1C3C=CC(C3)C21. The molecule has 3 saturated carbocycles. The molecule has 4 aliphatic carbocycles. The summed E-state index contributed by atoms with van der Waals surface area (Å²) in [6.07, 6.45) is 11.8. The van der Waals surface area contributed by atoms with Crippen LogP contribution in [0.3, 0.4) is 0 Å². The first kappa shape index (κ1) is 12.2. The van der Waals surface area contributed by atoms with Crippen molar-refractivity contribution in [1.82, 2.24) is 0 Å². The van der Waals surface area contributed by atoms with Gasteiger partial charge in [0.2, 0.25) is 0 Å². The molecule has 1 heterocycles. The van der Waals surface area contributed by atoms with Gasteiger partial charge in [0.25, 0.3) is 0 Å². The van der Waals surface area contributed by atoms with Crippen molar-refractivity contribution in [3.8, 4) is 0 Å². The van der Waals surface area contributed by atoms with Gasteiger partial charge in [-0.2, -0.15) is 0 Å². The lowest BCUT2D eigenvalue weighted by molar-refractivity contribution is -0.144. The van der Waals surface area contributed by atoms with E-state index in [1.54, 1.807) is 0 Å². The van der Waals surface area contributed by atoms with E-state index in [1.807, 2.05) is 0 Å². The Kier molecular flexibility index (Phi) is 2.51. The maximum atomic E-state index is 6.13. The fraction of sp³-hybridized carbons (Fsp3) is 0.889. The monoisotopic (exact) mass is 274 g/mol. The molecular formula is C18H26O2. The fourth-order valence-corrected chi connectivity index (χ4v) is 6.62. The van der Waals surface area contributed by atoms with Gasteiger partial charge in [0.1, 0.15) is 0 Å². The van der Waals surface area contributed by atoms with E-state index in [1.165, 1.54) is 25.7 Å². The lowest BCUT2D eigenvalue weighted by Crippen LogP contribution is -2.40. The van der Waals surface area contributed by atoms with Crippen molar-refractivity contribution in [1.29, 1.82) is 0 Å². The van der Waals surface area contributed by atoms with Crippen LogP contribution in [-0.4, -0.2) is 19.5 Å². The lowest BCUT2D eigenvalue weighted by Gasteiger charge is -2.43. The summed E-state index contributed by atoms with van der Waals surface area (Å²) in [5.74, 6) is 5.76. The molecule has 0 spiro atoms. The van der Waals surface area contributed by atoms with Crippen molar-refractivity contribution < 1.29 is 9.47 Å². The topological polar surface area (TPSA) is 18.5 Å². The van der Waals surface area contributed by atoms with Crippen molar-refractivity contribution in [2.45, 2.75) is 45.3 Å². The summed E-state index contributed by atoms with van der Waals surface area (Å²) < 4.78 is 11.8. The second-order valence-electron chi connectivity index (χ2n) is 8.32. The summed E-state index contributed by atoms with van der Waals surface area (Å²) in [7, 11) is 0. The summed E-state index contributed by atoms with van der Waals surface area (Å²) in [5, 5.41) is 0. The fourth-order valence-electron chi connectivity index (χ4n) is 6.62. The van der Waals surface area contributed by atoms with Gasteiger partial charge < -0.3 is 9.47 Å². The highest BCUT2D eigenvalue weighted by atomic mass is 16.7. The second-order valence-corrected chi connectivity index (χ2v) is 8.32. The van der Waals surface area contributed by atoms with Crippen LogP contribution in [0.25, 0.3) is 0 Å². The predicted molar refractivity (Wildman–Crippen MR) is 77.0 cm³/mol. The Morgan fingerprint density at radius 2 is 2.05 bits per heavy atom. The Bertz CT molecular complexity index is 439. The highest BCUT2D eigenvalue weighted by Gasteiger charge is 2.64. The van der Waals surface area contributed by atoms with Gasteiger partial charge in [-0.15, -0.1) is 0 Å². The first-order chi connectivity index (χ1) is 9.74. The molecule has 2 heteroatoms. The summed E-state index contributed by atoms with van der Waals surface area (Å²) in [6, 6.07) is 0. The van der Waals surface area contributed by atoms with E-state index in [0.29, 0.717) is 5.41 Å². The Labute approximate surface area is 121 Å². The van der Waals surface area contributed by atoms with Gasteiger partial charge in [-0.3, -0.25) is 0 Å². The van der Waals surface area contributed by atoms with E-state index in [-0.39, 0.29) is 6.29 Å². The Hall–Kier alpha value is -0.340. The first-order valence-electron chi connectivity index (χ1n) is 8.66. The minimum atomic E-state index is 0.0988. The molecule has 0 amide bonds. The van der Waals surface area contributed by atoms with E-state index < -0.39 is 0 Å². The molecule has 0 N–H and O–H groups in total. The molecule has 0 aromatic rings. The Balaban J connectivity index is 1.32. The highest BCUT2D eigenvalue weighted by molar-refractivity contribution is 5.22. The number of hydrogen-bond donors (Lipinski definition) is 0. The molecule has 4 bridgehead atoms. The van der Waals surface area contributed by atoms with Gasteiger partial charge in [-0.05, 0) is 66.6 Å². The molecule has 8 atom stereocenters. The molecular weight excluding hydrogens is 248 g/mol. The summed E-state index contributed by atoms with van der Waals surface area (Å²) in [6.45, 7) is 4.33. The number of ether oxygens (including phenoxy) is 2. The number of rotatable bonds is 3. The number of hydrogen-bond acceptors (Lipinski definition) is 2. The summed E-state index contributed by atoms with van der Waals surface area (Å²) in [4.78, 5) is 0. The zero-order valence-electron chi connectivity index (χ0n) is 12.5. The van der Waals surface area contributed by atoms with Crippen molar-refractivity contribution in [3.05, 3.63) is 12.2 Å². The van der Waals surface area contributed by atoms with Gasteiger partial charge in [0, 0.05) is 13.0 Å². The quantitative estimate of drug-likeness (QED) is 0.578. The maximum absolute atomic E-state index is 6.13. The van der Waals surface area contributed by atoms with Crippen LogP contribution in [0.5, 0.6) is 0 Å². The smallest absolute Gasteiger partial charge is 0.157 e. The molecule has 0 aromatic carbocycles. The maximum Gasteiger partial charge on any atom is 0.157 e. The molecule has 5 aliphatic rings. The van der Waals surface area contributed by atoms with E-state index in [0.717, 1.165) is 55.1 Å². The van der Waals surface area contributed by atoms with Crippen LogP contribution in [0.15, 0.2) is 12.2 Å². The Morgan fingerprint density at radius 3 is 2.85 bits per heavy atom. The average molecular weight is 274 g/mol. The summed E-state index contributed by atoms with van der Waals surface area (Å²) in [5.41, 5.74) is 0.427. The second kappa shape index (κ2) is 4.10. The van der Waals surface area contributed by atoms with Crippen molar-refractivity contribution >= 4 is 0 Å². The third kappa shape index (κ3) is 1.53. The van der Waals surface area contributed by atoms with Crippen LogP contribution in [0.4, 0.5) is 0 Å². The van der Waals surface area contributed by atoms with Gasteiger partial charge in [-0.25, -0.2) is 0 Å². The van der Waals surface area contributed by atoms with Crippen LogP contribution in [0.1, 0.15) is 39.0 Å². The van der Waals surface area contributed by atoms with Crippen LogP contribution in [0, 0.1) is 40.9 Å². The molecule has 1 saturated heterocycles. The van der Waals surface area contributed by atoms with Crippen LogP contribution >= 0.6 is 0 Å². The summed E-state index contributed by atoms with van der Waals surface area (Å²) >= 11 is 0. The van der Waals surface area contributed by atoms with E-state index in [2.05, 4.69) is 19.1 Å². The van der Waals surface area contributed by atoms with E-state index in [9.17, 15) is 0 Å². The molecule has 20 heavy (non-hydrogen) atoms. The molecule has 8 unspecified atom stereocenters. The van der Waals surface area contributed by atoms with Gasteiger partial charge in [0.15, 0.2) is 6.29 Å². The molecule has 2 nitrogen and oxygen atoms in total. The Morgan fingerprint density at radius 1 is 1.20 bits per heavy atom. The third-order valence-electron chi connectivity index (χ3n) is 7.26. The predicted octanol–water partition coefficient (Wildman–Crippen LogP) is 3.62. The van der Waals surface area contributed by atoms with Crippen molar-refractivity contribution in [2.24, 2.45) is 40.9 Å². The molecule has 5 rings (SSSR count). The van der Waals surface area contributed by atoms with Crippen molar-refractivity contribution in [3.63, 3.8) is 0 Å². The van der Waals surface area contributed by atoms with E-state index >= 15 is 0 Å². The number of fused-ring (bicyclic) bond motifs is 9. The number of allylic oxidation sites excluding steroid dienone is 2. The van der Waals surface area contributed by atoms with Crippen LogP contribution in [-0.2, 0) is 9.47 Å². The van der Waals surface area contributed by atoms with Gasteiger partial charge in [-0.1, -0.05) is 19.1 Å². The highest BCUT2D eigenvalue weighted by Crippen LogP contribution is 2.70. The lowest BCUT2D eigenvalue weighted by atomic mass is 9.63. The van der Waals surface area contributed by atoms with Crippen molar-refractivity contribution in [2.75, 3.05) is 13.2 Å². The molecule has 4 fully saturated rings. The normalized spacial score (nSPS) is 58.8. The van der Waals surface area contributed by atoms with Crippen LogP contribution in [0.2, 0.25) is 0 Å². The zero-order valence-corrected chi connectivity index (χ0v) is 12.5. The van der Waals surface area contributed by atoms with E-state index in [4.69, 9.17) is 9.47 Å². The standard InChI is InChI=1S/C18H26O2/c1-18(10-20-15-3-2-6-19-15)9-13-8-14(18)17-12-5-4-11(7-12)16(13)17/h4-5,11-17H,2-3,6-10H2,1H3. The zero-order chi connectivity index (χ0) is 13.3. The molecule has 0 radical (unpaired) electrons. The molecule has 1 aliphatic heterocycles. The van der Waals surface area contributed by atoms with Crippen LogP contribution < -0.4 is 0 Å².